The van der Waals surface area contributed by atoms with Crippen molar-refractivity contribution in [2.24, 2.45) is 0 Å². The fraction of sp³-hybridized carbons (Fsp3) is 0.952. The minimum atomic E-state index is -0.381. The second-order valence-corrected chi connectivity index (χ2v) is 36.3. The summed E-state index contributed by atoms with van der Waals surface area (Å²) in [6.07, 6.45) is 102. The van der Waals surface area contributed by atoms with E-state index in [1.54, 1.807) is 9.80 Å². The van der Waals surface area contributed by atoms with Gasteiger partial charge in [0.2, 0.25) is 0 Å². The Morgan fingerprint density at radius 3 is 0.350 bits per heavy atom. The topological polar surface area (TPSA) is 141 Å². The van der Waals surface area contributed by atoms with E-state index in [-0.39, 0.29) is 75.7 Å². The highest BCUT2D eigenvalue weighted by Crippen LogP contribution is 2.21. The Hall–Kier alpha value is -2.77. The zero-order chi connectivity index (χ0) is 84.6. The predicted molar refractivity (Wildman–Crippen MR) is 502 cm³/mol. The number of hydrogen-bond donors (Lipinski definition) is 0. The van der Waals surface area contributed by atoms with Gasteiger partial charge >= 0.3 is 29.8 Å². The maximum absolute atomic E-state index is 14.0. The van der Waals surface area contributed by atoms with Crippen molar-refractivity contribution >= 4 is 29.8 Å². The Bertz CT molecular complexity index is 1790. The van der Waals surface area contributed by atoms with Crippen LogP contribution in [0.4, 0.5) is 0 Å². The molecule has 117 heavy (non-hydrogen) atoms. The lowest BCUT2D eigenvalue weighted by molar-refractivity contribution is -0.150. The molecule has 0 saturated heterocycles. The van der Waals surface area contributed by atoms with Gasteiger partial charge in [0.1, 0.15) is 0 Å². The zero-order valence-electron chi connectivity index (χ0n) is 79.4. The molecule has 0 unspecified atom stereocenters. The van der Waals surface area contributed by atoms with Crippen LogP contribution in [-0.2, 0) is 47.7 Å². The molecule has 0 spiro atoms. The number of carbonyl (C=O) groups excluding carboxylic acids is 5. The monoisotopic (exact) mass is 1650 g/mol. The van der Waals surface area contributed by atoms with Crippen LogP contribution in [0.3, 0.4) is 0 Å². The van der Waals surface area contributed by atoms with Crippen LogP contribution in [0.15, 0.2) is 0 Å². The first kappa shape index (κ1) is 114. The lowest BCUT2D eigenvalue weighted by atomic mass is 10.0. The Morgan fingerprint density at radius 1 is 0.137 bits per heavy atom. The highest BCUT2D eigenvalue weighted by atomic mass is 16.5. The molecule has 0 N–H and O–H groups in total. The highest BCUT2D eigenvalue weighted by molar-refractivity contribution is 5.76. The normalized spacial score (nSPS) is 11.7. The molecule has 0 aliphatic rings. The van der Waals surface area contributed by atoms with Crippen molar-refractivity contribution in [3.05, 3.63) is 0 Å². The van der Waals surface area contributed by atoms with Crippen molar-refractivity contribution in [2.45, 2.75) is 548 Å². The second-order valence-electron chi connectivity index (χ2n) is 36.3. The Balaban J connectivity index is 6.15. The third kappa shape index (κ3) is 93.8. The van der Waals surface area contributed by atoms with E-state index < -0.39 is 0 Å². The van der Waals surface area contributed by atoms with Gasteiger partial charge in [-0.1, -0.05) is 516 Å². The van der Waals surface area contributed by atoms with E-state index >= 15 is 0 Å². The zero-order valence-corrected chi connectivity index (χ0v) is 79.4. The number of nitrogens with zero attached hydrogens (tertiary/aromatic N) is 3. The fourth-order valence-electron chi connectivity index (χ4n) is 16.6. The van der Waals surface area contributed by atoms with Gasteiger partial charge in [-0.3, -0.25) is 38.7 Å². The van der Waals surface area contributed by atoms with Gasteiger partial charge < -0.3 is 23.7 Å². The number of hydrogen-bond acceptors (Lipinski definition) is 13. The molecule has 0 radical (unpaired) electrons. The first-order valence-corrected chi connectivity index (χ1v) is 52.6. The smallest absolute Gasteiger partial charge is 0.320 e. The van der Waals surface area contributed by atoms with Gasteiger partial charge in [-0.15, -0.1) is 0 Å². The summed E-state index contributed by atoms with van der Waals surface area (Å²) in [5.41, 5.74) is 0. The minimum absolute atomic E-state index is 0.0264. The summed E-state index contributed by atoms with van der Waals surface area (Å²) in [6, 6.07) is 0. The van der Waals surface area contributed by atoms with Crippen LogP contribution < -0.4 is 0 Å². The van der Waals surface area contributed by atoms with E-state index in [9.17, 15) is 24.0 Å². The van der Waals surface area contributed by atoms with Gasteiger partial charge in [-0.2, -0.15) is 0 Å². The van der Waals surface area contributed by atoms with Crippen LogP contribution in [-0.4, -0.2) is 136 Å². The van der Waals surface area contributed by atoms with Crippen molar-refractivity contribution in [1.82, 2.24) is 14.7 Å². The molecule has 0 amide bonds. The SMILES string of the molecule is CCCCCCCCCCCCCCCCCCOC(=O)CN(CCN(CC(=O)OCCCCCCCCCCCCCCCCCC)CC(=O)OCCCCCCCCCCCCCCCCCC)CCN(CC(=O)OCCCCCCCCCCCCCCCCCC)CC(=O)OCCCCCCCCCCCCCCCCCC. The average molecular weight is 1660 g/mol. The van der Waals surface area contributed by atoms with Crippen LogP contribution in [0.2, 0.25) is 0 Å². The van der Waals surface area contributed by atoms with Gasteiger partial charge in [0.15, 0.2) is 0 Å². The molecule has 0 heterocycles. The molecule has 13 heteroatoms. The van der Waals surface area contributed by atoms with E-state index in [1.165, 1.54) is 417 Å². The van der Waals surface area contributed by atoms with Gasteiger partial charge in [-0.05, 0) is 32.1 Å². The summed E-state index contributed by atoms with van der Waals surface area (Å²) in [4.78, 5) is 74.6. The van der Waals surface area contributed by atoms with Crippen LogP contribution in [0, 0.1) is 0 Å². The van der Waals surface area contributed by atoms with Gasteiger partial charge in [-0.25, -0.2) is 0 Å². The van der Waals surface area contributed by atoms with Crippen molar-refractivity contribution < 1.29 is 47.7 Å². The van der Waals surface area contributed by atoms with Crippen LogP contribution in [0.25, 0.3) is 0 Å². The van der Waals surface area contributed by atoms with Crippen molar-refractivity contribution in [3.63, 3.8) is 0 Å². The molecule has 0 rings (SSSR count). The molecule has 0 aliphatic carbocycles. The summed E-state index contributed by atoms with van der Waals surface area (Å²) in [5, 5.41) is 0. The molecule has 0 aromatic rings. The molecule has 694 valence electrons. The summed E-state index contributed by atoms with van der Waals surface area (Å²) < 4.78 is 29.5. The van der Waals surface area contributed by atoms with Crippen molar-refractivity contribution in [2.75, 3.05) is 91.9 Å². The average Bonchev–Trinajstić information content (AvgIpc) is 0.910. The van der Waals surface area contributed by atoms with E-state index in [2.05, 4.69) is 34.6 Å². The van der Waals surface area contributed by atoms with Crippen LogP contribution in [0.5, 0.6) is 0 Å². The van der Waals surface area contributed by atoms with Gasteiger partial charge in [0.25, 0.3) is 0 Å². The van der Waals surface area contributed by atoms with Gasteiger partial charge in [0, 0.05) is 26.2 Å². The third-order valence-corrected chi connectivity index (χ3v) is 24.5. The number of carbonyl (C=O) groups is 5. The molecule has 13 nitrogen and oxygen atoms in total. The summed E-state index contributed by atoms with van der Waals surface area (Å²) in [6.45, 7) is 13.9. The molecular weight excluding hydrogens is 1450 g/mol. The maximum atomic E-state index is 14.0. The molecular formula is C104H203N3O10. The standard InChI is InChI=1S/C104H203N3O10/c1-6-11-16-21-26-31-36-41-46-51-56-61-66-71-76-81-90-113-100(108)95-105(86-88-106(96-101(109)114-91-82-77-72-67-62-57-52-47-42-37-32-27-22-17-12-7-2)97-102(110)115-92-83-78-73-68-63-58-53-48-43-38-33-28-23-18-13-8-3)87-89-107(98-103(111)116-93-84-79-74-69-64-59-54-49-44-39-34-29-24-19-14-9-4)99-104(112)117-94-85-80-75-70-65-60-55-50-45-40-35-30-25-20-15-10-5/h6-99H2,1-5H3. The molecule has 0 aromatic carbocycles. The van der Waals surface area contributed by atoms with E-state index in [1.807, 2.05) is 4.90 Å². The van der Waals surface area contributed by atoms with Crippen LogP contribution >= 0.6 is 0 Å². The molecule has 0 saturated carbocycles. The summed E-state index contributed by atoms with van der Waals surface area (Å²) in [7, 11) is 0. The Morgan fingerprint density at radius 2 is 0.231 bits per heavy atom. The maximum Gasteiger partial charge on any atom is 0.320 e. The molecule has 0 fully saturated rings. The number of unbranched alkanes of at least 4 members (excludes halogenated alkanes) is 75. The first-order valence-electron chi connectivity index (χ1n) is 52.6. The largest absolute Gasteiger partial charge is 0.465 e. The lowest BCUT2D eigenvalue weighted by Crippen LogP contribution is -2.46. The second kappa shape index (κ2) is 98.7. The molecule has 0 aromatic heterocycles. The quantitative estimate of drug-likeness (QED) is 0.0324. The first-order chi connectivity index (χ1) is 57.7. The summed E-state index contributed by atoms with van der Waals surface area (Å²) >= 11 is 0. The third-order valence-electron chi connectivity index (χ3n) is 24.5. The molecule has 0 atom stereocenters. The van der Waals surface area contributed by atoms with E-state index in [4.69, 9.17) is 23.7 Å². The van der Waals surface area contributed by atoms with Crippen LogP contribution in [0.1, 0.15) is 548 Å². The highest BCUT2D eigenvalue weighted by Gasteiger charge is 2.23. The lowest BCUT2D eigenvalue weighted by Gasteiger charge is -2.28. The molecule has 0 aliphatic heterocycles. The van der Waals surface area contributed by atoms with E-state index in [0.29, 0.717) is 46.1 Å². The minimum Gasteiger partial charge on any atom is -0.465 e. The fourth-order valence-corrected chi connectivity index (χ4v) is 16.6. The Labute approximate surface area is 728 Å². The Kier molecular flexibility index (Phi) is 96.3. The van der Waals surface area contributed by atoms with Gasteiger partial charge in [0.05, 0.1) is 65.8 Å². The predicted octanol–water partition coefficient (Wildman–Crippen LogP) is 30.9. The van der Waals surface area contributed by atoms with Crippen molar-refractivity contribution in [3.8, 4) is 0 Å². The number of rotatable bonds is 101. The number of esters is 5. The molecule has 0 bridgehead atoms. The van der Waals surface area contributed by atoms with Crippen molar-refractivity contribution in [1.29, 1.82) is 0 Å². The van der Waals surface area contributed by atoms with E-state index in [0.717, 1.165) is 96.3 Å². The number of ether oxygens (including phenoxy) is 5. The summed E-state index contributed by atoms with van der Waals surface area (Å²) in [5.74, 6) is -1.87.